The van der Waals surface area contributed by atoms with Gasteiger partial charge in [0.15, 0.2) is 9.84 Å². The first-order valence-electron chi connectivity index (χ1n) is 7.12. The molecule has 3 rings (SSSR count). The number of amides is 1. The third kappa shape index (κ3) is 3.34. The fourth-order valence-electron chi connectivity index (χ4n) is 2.57. The maximum absolute atomic E-state index is 14.0. The Morgan fingerprint density at radius 1 is 1.17 bits per heavy atom. The van der Waals surface area contributed by atoms with E-state index < -0.39 is 27.6 Å². The lowest BCUT2D eigenvalue weighted by atomic mass is 10.1. The average molecular weight is 366 g/mol. The zero-order valence-corrected chi connectivity index (χ0v) is 14.0. The van der Waals surface area contributed by atoms with Crippen LogP contribution in [0.1, 0.15) is 10.4 Å². The summed E-state index contributed by atoms with van der Waals surface area (Å²) in [6, 6.07) is 11.3. The minimum absolute atomic E-state index is 0.129. The van der Waals surface area contributed by atoms with Gasteiger partial charge in [0.2, 0.25) is 0 Å². The highest BCUT2D eigenvalue weighted by Crippen LogP contribution is 2.27. The second-order valence-electron chi connectivity index (χ2n) is 5.36. The van der Waals surface area contributed by atoms with Crippen molar-refractivity contribution >= 4 is 33.0 Å². The van der Waals surface area contributed by atoms with Crippen LogP contribution in [0.2, 0.25) is 5.02 Å². The molecule has 1 aliphatic heterocycles. The summed E-state index contributed by atoms with van der Waals surface area (Å²) >= 11 is 5.99. The fraction of sp³-hybridized carbons (Fsp3) is 0.118. The number of rotatable bonds is 3. The van der Waals surface area contributed by atoms with Crippen molar-refractivity contribution in [1.82, 2.24) is 0 Å². The maximum atomic E-state index is 14.0. The Bertz CT molecular complexity index is 927. The maximum Gasteiger partial charge on any atom is 0.261 e. The van der Waals surface area contributed by atoms with Gasteiger partial charge in [0.1, 0.15) is 5.82 Å². The van der Waals surface area contributed by atoms with Gasteiger partial charge in [-0.1, -0.05) is 29.8 Å². The lowest BCUT2D eigenvalue weighted by molar-refractivity contribution is 0.0979. The molecule has 0 bridgehead atoms. The van der Waals surface area contributed by atoms with Crippen molar-refractivity contribution in [2.24, 2.45) is 0 Å². The van der Waals surface area contributed by atoms with E-state index in [1.807, 2.05) is 0 Å². The number of carbonyl (C=O) groups excluding carboxylic acids is 1. The van der Waals surface area contributed by atoms with Crippen molar-refractivity contribution in [3.05, 3.63) is 76.4 Å². The van der Waals surface area contributed by atoms with E-state index in [0.717, 1.165) is 5.41 Å². The van der Waals surface area contributed by atoms with E-state index in [-0.39, 0.29) is 11.3 Å². The highest BCUT2D eigenvalue weighted by atomic mass is 35.5. The smallest absolute Gasteiger partial charge is 0.261 e. The molecule has 4 nitrogen and oxygen atoms in total. The van der Waals surface area contributed by atoms with E-state index in [2.05, 4.69) is 0 Å². The number of halogens is 2. The van der Waals surface area contributed by atoms with Crippen molar-refractivity contribution in [3.63, 3.8) is 0 Å². The van der Waals surface area contributed by atoms with Gasteiger partial charge in [-0.05, 0) is 36.4 Å². The Labute approximate surface area is 144 Å². The number of carbonyl (C=O) groups is 1. The fourth-order valence-corrected chi connectivity index (χ4v) is 4.02. The highest BCUT2D eigenvalue weighted by molar-refractivity contribution is 7.94. The van der Waals surface area contributed by atoms with Gasteiger partial charge >= 0.3 is 0 Å². The molecular formula is C17H13ClFNO3S. The van der Waals surface area contributed by atoms with Crippen LogP contribution in [0.15, 0.2) is 60.0 Å². The number of hydrogen-bond acceptors (Lipinski definition) is 3. The summed E-state index contributed by atoms with van der Waals surface area (Å²) in [4.78, 5) is 14.1. The van der Waals surface area contributed by atoms with E-state index in [1.165, 1.54) is 29.2 Å². The van der Waals surface area contributed by atoms with E-state index in [1.54, 1.807) is 30.3 Å². The van der Waals surface area contributed by atoms with Crippen molar-refractivity contribution in [2.75, 3.05) is 10.7 Å². The summed E-state index contributed by atoms with van der Waals surface area (Å²) in [5, 5.41) is 1.47. The zero-order valence-electron chi connectivity index (χ0n) is 12.4. The Morgan fingerprint density at radius 2 is 1.92 bits per heavy atom. The summed E-state index contributed by atoms with van der Waals surface area (Å²) in [6.45, 7) is 0. The van der Waals surface area contributed by atoms with Crippen LogP contribution in [0.5, 0.6) is 0 Å². The van der Waals surface area contributed by atoms with Crippen LogP contribution in [0.4, 0.5) is 10.1 Å². The summed E-state index contributed by atoms with van der Waals surface area (Å²) in [5.41, 5.74) is 0.276. The van der Waals surface area contributed by atoms with Crippen LogP contribution < -0.4 is 4.90 Å². The molecule has 2 aromatic carbocycles. The normalized spacial score (nSPS) is 18.5. The minimum Gasteiger partial charge on any atom is -0.300 e. The Morgan fingerprint density at radius 3 is 2.54 bits per heavy atom. The van der Waals surface area contributed by atoms with Crippen LogP contribution >= 0.6 is 11.6 Å². The Kier molecular flexibility index (Phi) is 4.43. The number of nitrogens with zero attached hydrogens (tertiary/aromatic N) is 1. The van der Waals surface area contributed by atoms with Crippen molar-refractivity contribution < 1.29 is 17.6 Å². The number of hydrogen-bond donors (Lipinski definition) is 0. The molecule has 0 radical (unpaired) electrons. The zero-order chi connectivity index (χ0) is 17.3. The summed E-state index contributed by atoms with van der Waals surface area (Å²) in [6.07, 6.45) is 1.43. The van der Waals surface area contributed by atoms with Crippen molar-refractivity contribution in [2.45, 2.75) is 6.04 Å². The molecule has 1 heterocycles. The number of sulfone groups is 1. The molecule has 0 aliphatic carbocycles. The second-order valence-corrected chi connectivity index (χ2v) is 7.73. The van der Waals surface area contributed by atoms with Gasteiger partial charge in [0.25, 0.3) is 5.91 Å². The van der Waals surface area contributed by atoms with Crippen molar-refractivity contribution in [1.29, 1.82) is 0 Å². The highest BCUT2D eigenvalue weighted by Gasteiger charge is 2.33. The lowest BCUT2D eigenvalue weighted by Crippen LogP contribution is -2.41. The van der Waals surface area contributed by atoms with E-state index in [4.69, 9.17) is 11.6 Å². The third-order valence-corrected chi connectivity index (χ3v) is 5.27. The SMILES string of the molecule is O=C(c1ccccc1F)N(c1cccc(Cl)c1)[C@@H]1C=CS(=O)(=O)C1. The molecule has 1 atom stereocenters. The molecular weight excluding hydrogens is 353 g/mol. The standard InChI is InChI=1S/C17H13ClFNO3S/c18-12-4-3-5-13(10-12)20(14-8-9-24(22,23)11-14)17(21)15-6-1-2-7-16(15)19/h1-10,14H,11H2/t14-/m1/s1. The molecule has 0 saturated carbocycles. The molecule has 0 saturated heterocycles. The molecule has 0 aromatic heterocycles. The second kappa shape index (κ2) is 6.37. The van der Waals surface area contributed by atoms with Gasteiger partial charge in [-0.2, -0.15) is 0 Å². The van der Waals surface area contributed by atoms with Crippen molar-refractivity contribution in [3.8, 4) is 0 Å². The predicted octanol–water partition coefficient (Wildman–Crippen LogP) is 3.44. The third-order valence-electron chi connectivity index (χ3n) is 3.65. The van der Waals surface area contributed by atoms with Crippen LogP contribution in [-0.2, 0) is 9.84 Å². The van der Waals surface area contributed by atoms with Gasteiger partial charge < -0.3 is 4.90 Å². The van der Waals surface area contributed by atoms with Gasteiger partial charge in [-0.3, -0.25) is 4.79 Å². The molecule has 2 aromatic rings. The average Bonchev–Trinajstić information content (AvgIpc) is 2.87. The van der Waals surface area contributed by atoms with Crippen LogP contribution in [0, 0.1) is 5.82 Å². The van der Waals surface area contributed by atoms with Crippen LogP contribution in [-0.4, -0.2) is 26.1 Å². The molecule has 124 valence electrons. The Balaban J connectivity index is 2.07. The molecule has 0 fully saturated rings. The summed E-state index contributed by atoms with van der Waals surface area (Å²) < 4.78 is 37.5. The number of anilines is 1. The molecule has 0 spiro atoms. The molecule has 0 N–H and O–H groups in total. The predicted molar refractivity (Wildman–Crippen MR) is 91.4 cm³/mol. The van der Waals surface area contributed by atoms with E-state index in [9.17, 15) is 17.6 Å². The van der Waals surface area contributed by atoms with Gasteiger partial charge in [0, 0.05) is 16.1 Å². The van der Waals surface area contributed by atoms with E-state index >= 15 is 0 Å². The molecule has 0 unspecified atom stereocenters. The van der Waals surface area contributed by atoms with Gasteiger partial charge in [-0.25, -0.2) is 12.8 Å². The molecule has 24 heavy (non-hydrogen) atoms. The molecule has 7 heteroatoms. The van der Waals surface area contributed by atoms with Crippen LogP contribution in [0.3, 0.4) is 0 Å². The first-order chi connectivity index (χ1) is 11.4. The summed E-state index contributed by atoms with van der Waals surface area (Å²) in [5.74, 6) is -1.54. The first kappa shape index (κ1) is 16.7. The molecule has 1 aliphatic rings. The summed E-state index contributed by atoms with van der Waals surface area (Å²) in [7, 11) is -3.39. The van der Waals surface area contributed by atoms with Gasteiger partial charge in [0.05, 0.1) is 17.4 Å². The molecule has 1 amide bonds. The largest absolute Gasteiger partial charge is 0.300 e. The van der Waals surface area contributed by atoms with Gasteiger partial charge in [-0.15, -0.1) is 0 Å². The minimum atomic E-state index is -3.39. The lowest BCUT2D eigenvalue weighted by Gasteiger charge is -2.28. The monoisotopic (exact) mass is 365 g/mol. The van der Waals surface area contributed by atoms with Crippen LogP contribution in [0.25, 0.3) is 0 Å². The first-order valence-corrected chi connectivity index (χ1v) is 9.21. The topological polar surface area (TPSA) is 54.5 Å². The Hall–Kier alpha value is -2.18. The van der Waals surface area contributed by atoms with E-state index in [0.29, 0.717) is 10.7 Å². The quantitative estimate of drug-likeness (QED) is 0.837. The number of benzene rings is 2.